The van der Waals surface area contributed by atoms with Crippen molar-refractivity contribution in [2.75, 3.05) is 30.8 Å². The first-order valence-electron chi connectivity index (χ1n) is 10.9. The predicted octanol–water partition coefficient (Wildman–Crippen LogP) is 3.50. The maximum atomic E-state index is 13.0. The lowest BCUT2D eigenvalue weighted by molar-refractivity contribution is -0.384. The molecule has 35 heavy (non-hydrogen) atoms. The van der Waals surface area contributed by atoms with Gasteiger partial charge in [-0.2, -0.15) is 0 Å². The highest BCUT2D eigenvalue weighted by Crippen LogP contribution is 2.35. The molecule has 11 heteroatoms. The van der Waals surface area contributed by atoms with Gasteiger partial charge in [-0.1, -0.05) is 43.3 Å². The molecule has 0 bridgehead atoms. The number of methoxy groups -OCH3 is 1. The first-order chi connectivity index (χ1) is 16.7. The molecule has 0 fully saturated rings. The van der Waals surface area contributed by atoms with Gasteiger partial charge in [0.1, 0.15) is 29.8 Å². The van der Waals surface area contributed by atoms with Crippen LogP contribution in [0.1, 0.15) is 13.3 Å². The van der Waals surface area contributed by atoms with Crippen LogP contribution in [0.4, 0.5) is 11.4 Å². The Bertz CT molecular complexity index is 1320. The van der Waals surface area contributed by atoms with Crippen molar-refractivity contribution < 1.29 is 27.6 Å². The van der Waals surface area contributed by atoms with E-state index >= 15 is 0 Å². The Morgan fingerprint density at radius 1 is 1.11 bits per heavy atom. The zero-order valence-electron chi connectivity index (χ0n) is 19.6. The smallest absolute Gasteiger partial charge is 0.271 e. The van der Waals surface area contributed by atoms with Crippen molar-refractivity contribution in [2.24, 2.45) is 0 Å². The molecule has 3 rings (SSSR count). The first-order valence-corrected chi connectivity index (χ1v) is 12.7. The average molecular weight is 502 g/mol. The molecule has 0 saturated heterocycles. The van der Waals surface area contributed by atoms with Gasteiger partial charge in [0.2, 0.25) is 15.9 Å². The van der Waals surface area contributed by atoms with Crippen molar-refractivity contribution in [3.63, 3.8) is 0 Å². The van der Waals surface area contributed by atoms with Gasteiger partial charge in [0, 0.05) is 17.5 Å². The zero-order valence-corrected chi connectivity index (χ0v) is 20.4. The van der Waals surface area contributed by atoms with Crippen LogP contribution in [0.2, 0.25) is 0 Å². The van der Waals surface area contributed by atoms with E-state index in [0.717, 1.165) is 27.4 Å². The van der Waals surface area contributed by atoms with E-state index in [2.05, 4.69) is 5.32 Å². The van der Waals surface area contributed by atoms with E-state index in [1.807, 2.05) is 42.5 Å². The fourth-order valence-corrected chi connectivity index (χ4v) is 4.98. The topological polar surface area (TPSA) is 128 Å². The molecule has 10 nitrogen and oxygen atoms in total. The second-order valence-electron chi connectivity index (χ2n) is 7.71. The van der Waals surface area contributed by atoms with Crippen LogP contribution in [0, 0.1) is 10.1 Å². The maximum Gasteiger partial charge on any atom is 0.271 e. The summed E-state index contributed by atoms with van der Waals surface area (Å²) in [5, 5.41) is 15.9. The molecule has 0 heterocycles. The zero-order chi connectivity index (χ0) is 25.6. The quantitative estimate of drug-likeness (QED) is 0.242. The molecule has 1 amide bonds. The Morgan fingerprint density at radius 3 is 2.49 bits per heavy atom. The molecule has 0 spiro atoms. The van der Waals surface area contributed by atoms with Crippen LogP contribution in [0.3, 0.4) is 0 Å². The van der Waals surface area contributed by atoms with E-state index in [1.165, 1.54) is 19.2 Å². The molecule has 0 aliphatic carbocycles. The molecule has 0 radical (unpaired) electrons. The van der Waals surface area contributed by atoms with Crippen molar-refractivity contribution in [3.05, 3.63) is 70.8 Å². The summed E-state index contributed by atoms with van der Waals surface area (Å²) in [4.78, 5) is 23.7. The van der Waals surface area contributed by atoms with Crippen molar-refractivity contribution in [2.45, 2.75) is 19.4 Å². The van der Waals surface area contributed by atoms with Crippen LogP contribution in [0.15, 0.2) is 60.7 Å². The molecular formula is C24H27N3O7S. The fourth-order valence-electron chi connectivity index (χ4n) is 3.77. The number of hydrogen-bond acceptors (Lipinski definition) is 7. The van der Waals surface area contributed by atoms with Crippen LogP contribution in [-0.2, 0) is 14.8 Å². The largest absolute Gasteiger partial charge is 0.495 e. The summed E-state index contributed by atoms with van der Waals surface area (Å²) >= 11 is 0. The molecule has 3 aromatic rings. The molecule has 186 valence electrons. The summed E-state index contributed by atoms with van der Waals surface area (Å²) in [6.07, 6.45) is 1.06. The Balaban J connectivity index is 1.77. The van der Waals surface area contributed by atoms with E-state index in [0.29, 0.717) is 5.75 Å². The summed E-state index contributed by atoms with van der Waals surface area (Å²) in [5.74, 6) is 0.197. The molecule has 1 atom stereocenters. The fraction of sp³-hybridized carbons (Fsp3) is 0.292. The van der Waals surface area contributed by atoms with Gasteiger partial charge in [-0.3, -0.25) is 19.2 Å². The van der Waals surface area contributed by atoms with Crippen LogP contribution in [0.5, 0.6) is 11.5 Å². The number of non-ortho nitro benzene ring substituents is 1. The van der Waals surface area contributed by atoms with Gasteiger partial charge >= 0.3 is 0 Å². The van der Waals surface area contributed by atoms with Crippen LogP contribution >= 0.6 is 0 Å². The lowest BCUT2D eigenvalue weighted by Gasteiger charge is -2.30. The second-order valence-corrected chi connectivity index (χ2v) is 9.57. The number of ether oxygens (including phenoxy) is 2. The van der Waals surface area contributed by atoms with Crippen molar-refractivity contribution in [3.8, 4) is 11.5 Å². The Hall–Kier alpha value is -3.86. The van der Waals surface area contributed by atoms with Gasteiger partial charge in [0.05, 0.1) is 24.8 Å². The Labute approximate surface area is 203 Å². The predicted molar refractivity (Wildman–Crippen MR) is 134 cm³/mol. The highest BCUT2D eigenvalue weighted by atomic mass is 32.2. The Kier molecular flexibility index (Phi) is 8.13. The van der Waals surface area contributed by atoms with Gasteiger partial charge in [-0.25, -0.2) is 8.42 Å². The minimum absolute atomic E-state index is 0.0850. The lowest BCUT2D eigenvalue weighted by Crippen LogP contribution is -2.50. The molecule has 0 aromatic heterocycles. The number of sulfonamides is 1. The van der Waals surface area contributed by atoms with Gasteiger partial charge in [-0.15, -0.1) is 0 Å². The minimum Gasteiger partial charge on any atom is -0.495 e. The number of carbonyl (C=O) groups excluding carboxylic acids is 1. The number of hydrogen-bond donors (Lipinski definition) is 1. The summed E-state index contributed by atoms with van der Waals surface area (Å²) in [6.45, 7) is 1.94. The number of amides is 1. The maximum absolute atomic E-state index is 13.0. The third kappa shape index (κ3) is 5.99. The van der Waals surface area contributed by atoms with Crippen molar-refractivity contribution in [1.29, 1.82) is 0 Å². The van der Waals surface area contributed by atoms with Gasteiger partial charge in [0.15, 0.2) is 0 Å². The normalized spacial score (nSPS) is 12.1. The summed E-state index contributed by atoms with van der Waals surface area (Å²) in [6, 6.07) is 15.9. The molecule has 0 saturated carbocycles. The number of fused-ring (bicyclic) bond motifs is 1. The molecular weight excluding hydrogens is 474 g/mol. The van der Waals surface area contributed by atoms with Gasteiger partial charge in [-0.05, 0) is 23.9 Å². The standard InChI is InChI=1S/C24H27N3O7S/c1-4-20(26(35(3,31)32)21-16-18(27(29)30)12-13-23(21)33-2)24(28)25-14-15-34-22-11-7-9-17-8-5-6-10-19(17)22/h5-13,16,20H,4,14-15H2,1-3H3,(H,25,28). The van der Waals surface area contributed by atoms with E-state index in [1.54, 1.807) is 6.92 Å². The summed E-state index contributed by atoms with van der Waals surface area (Å²) < 4.78 is 37.4. The third-order valence-electron chi connectivity index (χ3n) is 5.35. The van der Waals surface area contributed by atoms with Crippen molar-refractivity contribution in [1.82, 2.24) is 5.32 Å². The van der Waals surface area contributed by atoms with Gasteiger partial charge < -0.3 is 14.8 Å². The summed E-state index contributed by atoms with van der Waals surface area (Å²) in [5.41, 5.74) is -0.411. The molecule has 0 aliphatic heterocycles. The number of benzene rings is 3. The highest BCUT2D eigenvalue weighted by Gasteiger charge is 2.34. The monoisotopic (exact) mass is 501 g/mol. The molecule has 3 aromatic carbocycles. The third-order valence-corrected chi connectivity index (χ3v) is 6.51. The Morgan fingerprint density at radius 2 is 1.83 bits per heavy atom. The van der Waals surface area contributed by atoms with E-state index in [9.17, 15) is 23.3 Å². The van der Waals surface area contributed by atoms with Crippen LogP contribution < -0.4 is 19.1 Å². The second kappa shape index (κ2) is 11.0. The number of carbonyl (C=O) groups is 1. The number of nitrogens with one attached hydrogen (secondary N) is 1. The number of nitrogens with zero attached hydrogens (tertiary/aromatic N) is 2. The van der Waals surface area contributed by atoms with E-state index in [4.69, 9.17) is 9.47 Å². The number of nitro groups is 1. The highest BCUT2D eigenvalue weighted by molar-refractivity contribution is 7.92. The minimum atomic E-state index is -4.01. The lowest BCUT2D eigenvalue weighted by atomic mass is 10.1. The average Bonchev–Trinajstić information content (AvgIpc) is 2.83. The molecule has 0 aliphatic rings. The molecule has 1 N–H and O–H groups in total. The SMILES string of the molecule is CCC(C(=O)NCCOc1cccc2ccccc12)N(c1cc([N+](=O)[O-])ccc1OC)S(C)(=O)=O. The van der Waals surface area contributed by atoms with Crippen molar-refractivity contribution >= 4 is 38.1 Å². The first kappa shape index (κ1) is 25.8. The molecule has 1 unspecified atom stereocenters. The van der Waals surface area contributed by atoms with Crippen LogP contribution in [0.25, 0.3) is 10.8 Å². The number of rotatable bonds is 11. The van der Waals surface area contributed by atoms with Crippen LogP contribution in [-0.4, -0.2) is 51.8 Å². The number of nitro benzene ring substituents is 1. The van der Waals surface area contributed by atoms with Gasteiger partial charge in [0.25, 0.3) is 5.69 Å². The van der Waals surface area contributed by atoms with E-state index in [-0.39, 0.29) is 36.7 Å². The number of anilines is 1. The summed E-state index contributed by atoms with van der Waals surface area (Å²) in [7, 11) is -2.69. The van der Waals surface area contributed by atoms with E-state index < -0.39 is 26.9 Å².